The fraction of sp³-hybridized carbons (Fsp3) is 0.350. The molecule has 2 aromatic rings. The molecule has 0 spiro atoms. The third-order valence-electron chi connectivity index (χ3n) is 4.88. The zero-order valence-electron chi connectivity index (χ0n) is 16.6. The summed E-state index contributed by atoms with van der Waals surface area (Å²) in [7, 11) is -4.16. The molecule has 31 heavy (non-hydrogen) atoms. The van der Waals surface area contributed by atoms with Crippen molar-refractivity contribution in [3.05, 3.63) is 59.9 Å². The molecule has 0 radical (unpaired) electrons. The molecule has 168 valence electrons. The maximum atomic E-state index is 13.2. The van der Waals surface area contributed by atoms with Gasteiger partial charge in [0.15, 0.2) is 0 Å². The summed E-state index contributed by atoms with van der Waals surface area (Å²) < 4.78 is 51.3. The molecular weight excluding hydrogens is 431 g/mol. The lowest BCUT2D eigenvalue weighted by Gasteiger charge is -2.40. The highest BCUT2D eigenvalue weighted by Gasteiger charge is 2.45. The molecule has 3 atom stereocenters. The second-order valence-electron chi connectivity index (χ2n) is 7.03. The first-order valence-corrected chi connectivity index (χ1v) is 10.9. The van der Waals surface area contributed by atoms with E-state index in [4.69, 9.17) is 14.7 Å². The second kappa shape index (κ2) is 9.71. The smallest absolute Gasteiger partial charge is 0.264 e. The van der Waals surface area contributed by atoms with Crippen LogP contribution in [0.4, 0.5) is 4.39 Å². The van der Waals surface area contributed by atoms with E-state index < -0.39 is 40.8 Å². The number of rotatable bonds is 7. The predicted molar refractivity (Wildman–Crippen MR) is 106 cm³/mol. The molecule has 9 nitrogen and oxygen atoms in total. The summed E-state index contributed by atoms with van der Waals surface area (Å²) in [5.41, 5.74) is 2.21. The number of halogens is 1. The number of hydrogen-bond acceptors (Lipinski definition) is 7. The number of nitrogens with one attached hydrogen (secondary N) is 1. The van der Waals surface area contributed by atoms with Crippen LogP contribution in [0.15, 0.2) is 53.4 Å². The average Bonchev–Trinajstić information content (AvgIpc) is 2.77. The highest BCUT2D eigenvalue weighted by molar-refractivity contribution is 7.89. The normalized spacial score (nSPS) is 22.1. The van der Waals surface area contributed by atoms with Crippen molar-refractivity contribution in [2.24, 2.45) is 0 Å². The molecule has 2 aromatic carbocycles. The minimum Gasteiger partial charge on any atom is -0.489 e. The largest absolute Gasteiger partial charge is 0.489 e. The number of amides is 1. The Bertz CT molecular complexity index is 999. The van der Waals surface area contributed by atoms with Gasteiger partial charge >= 0.3 is 0 Å². The molecule has 11 heteroatoms. The van der Waals surface area contributed by atoms with E-state index in [-0.39, 0.29) is 23.9 Å². The van der Waals surface area contributed by atoms with E-state index >= 15 is 0 Å². The van der Waals surface area contributed by atoms with Crippen LogP contribution in [0.25, 0.3) is 0 Å². The van der Waals surface area contributed by atoms with Gasteiger partial charge in [-0.2, -0.15) is 4.31 Å². The van der Waals surface area contributed by atoms with Crippen LogP contribution in [-0.4, -0.2) is 60.3 Å². The third-order valence-corrected chi connectivity index (χ3v) is 6.74. The molecule has 1 unspecified atom stereocenters. The maximum Gasteiger partial charge on any atom is 0.264 e. The standard InChI is InChI=1S/C20H23FN2O7S/c1-13-19(20(25)22-26)23(10-17(11-24)30-13)31(27,28)18-8-6-16(7-9-18)29-12-14-2-4-15(21)5-3-14/h2-9,13,17,19,24,26H,10-12H2,1H3,(H,22,25)/t13-,17+,19?/m0/s1. The summed E-state index contributed by atoms with van der Waals surface area (Å²) in [4.78, 5) is 12.0. The number of carbonyl (C=O) groups excluding carboxylic acids is 1. The number of sulfonamides is 1. The van der Waals surface area contributed by atoms with Crippen LogP contribution < -0.4 is 10.2 Å². The number of morpholine rings is 1. The highest BCUT2D eigenvalue weighted by atomic mass is 32.2. The lowest BCUT2D eigenvalue weighted by molar-refractivity contribution is -0.151. The van der Waals surface area contributed by atoms with Gasteiger partial charge in [-0.25, -0.2) is 18.3 Å². The molecule has 1 amide bonds. The Morgan fingerprint density at radius 2 is 1.87 bits per heavy atom. The summed E-state index contributed by atoms with van der Waals surface area (Å²) >= 11 is 0. The van der Waals surface area contributed by atoms with Crippen LogP contribution in [0.5, 0.6) is 5.75 Å². The van der Waals surface area contributed by atoms with Gasteiger partial charge in [-0.3, -0.25) is 10.0 Å². The van der Waals surface area contributed by atoms with E-state index in [1.165, 1.54) is 48.8 Å². The lowest BCUT2D eigenvalue weighted by atomic mass is 10.1. The predicted octanol–water partition coefficient (Wildman–Crippen LogP) is 1.05. The highest BCUT2D eigenvalue weighted by Crippen LogP contribution is 2.27. The Morgan fingerprint density at radius 1 is 1.23 bits per heavy atom. The number of carbonyl (C=O) groups is 1. The summed E-state index contributed by atoms with van der Waals surface area (Å²) in [5, 5.41) is 18.4. The van der Waals surface area contributed by atoms with Gasteiger partial charge in [-0.05, 0) is 48.9 Å². The van der Waals surface area contributed by atoms with Crippen molar-refractivity contribution in [1.29, 1.82) is 0 Å². The Kier molecular flexibility index (Phi) is 7.23. The molecule has 3 N–H and O–H groups in total. The fourth-order valence-corrected chi connectivity index (χ4v) is 5.00. The average molecular weight is 454 g/mol. The van der Waals surface area contributed by atoms with Crippen molar-refractivity contribution >= 4 is 15.9 Å². The van der Waals surface area contributed by atoms with E-state index in [0.29, 0.717) is 5.75 Å². The molecule has 1 saturated heterocycles. The number of hydroxylamine groups is 1. The zero-order chi connectivity index (χ0) is 22.6. The van der Waals surface area contributed by atoms with E-state index in [9.17, 15) is 22.7 Å². The van der Waals surface area contributed by atoms with Crippen LogP contribution in [0.2, 0.25) is 0 Å². The van der Waals surface area contributed by atoms with Crippen molar-refractivity contribution < 1.29 is 37.4 Å². The first-order chi connectivity index (χ1) is 14.8. The monoisotopic (exact) mass is 454 g/mol. The van der Waals surface area contributed by atoms with E-state index in [2.05, 4.69) is 0 Å². The lowest BCUT2D eigenvalue weighted by Crippen LogP contribution is -2.61. The van der Waals surface area contributed by atoms with Crippen molar-refractivity contribution in [2.45, 2.75) is 36.7 Å². The third kappa shape index (κ3) is 5.20. The molecule has 3 rings (SSSR count). The van der Waals surface area contributed by atoms with Gasteiger partial charge in [0.2, 0.25) is 10.0 Å². The van der Waals surface area contributed by atoms with E-state index in [1.807, 2.05) is 0 Å². The number of aliphatic hydroxyl groups excluding tert-OH is 1. The number of ether oxygens (including phenoxy) is 2. The van der Waals surface area contributed by atoms with Gasteiger partial charge in [-0.1, -0.05) is 12.1 Å². The zero-order valence-corrected chi connectivity index (χ0v) is 17.5. The first-order valence-electron chi connectivity index (χ1n) is 9.45. The van der Waals surface area contributed by atoms with Gasteiger partial charge in [0, 0.05) is 6.54 Å². The Balaban J connectivity index is 1.79. The number of benzene rings is 2. The molecule has 0 bridgehead atoms. The quantitative estimate of drug-likeness (QED) is 0.422. The minimum absolute atomic E-state index is 0.0943. The molecule has 1 aliphatic heterocycles. The van der Waals surface area contributed by atoms with Gasteiger partial charge in [0.25, 0.3) is 5.91 Å². The van der Waals surface area contributed by atoms with Crippen molar-refractivity contribution in [3.63, 3.8) is 0 Å². The Labute approximate surface area is 179 Å². The molecule has 0 aliphatic carbocycles. The maximum absolute atomic E-state index is 13.2. The number of aliphatic hydroxyl groups is 1. The van der Waals surface area contributed by atoms with E-state index in [0.717, 1.165) is 9.87 Å². The van der Waals surface area contributed by atoms with Crippen molar-refractivity contribution in [3.8, 4) is 5.75 Å². The molecular formula is C20H23FN2O7S. The Hall–Kier alpha value is -2.57. The molecule has 1 heterocycles. The van der Waals surface area contributed by atoms with Gasteiger partial charge in [0.05, 0.1) is 23.7 Å². The van der Waals surface area contributed by atoms with Gasteiger partial charge in [-0.15, -0.1) is 0 Å². The number of hydrogen-bond donors (Lipinski definition) is 3. The molecule has 1 aliphatic rings. The summed E-state index contributed by atoms with van der Waals surface area (Å²) in [6, 6.07) is 10.1. The van der Waals surface area contributed by atoms with Crippen LogP contribution in [0.3, 0.4) is 0 Å². The molecule has 1 fully saturated rings. The van der Waals surface area contributed by atoms with Gasteiger partial charge < -0.3 is 14.6 Å². The Morgan fingerprint density at radius 3 is 2.45 bits per heavy atom. The van der Waals surface area contributed by atoms with Crippen molar-refractivity contribution in [2.75, 3.05) is 13.2 Å². The fourth-order valence-electron chi connectivity index (χ4n) is 3.32. The molecule has 0 aromatic heterocycles. The van der Waals surface area contributed by atoms with E-state index in [1.54, 1.807) is 12.1 Å². The van der Waals surface area contributed by atoms with Crippen LogP contribution in [-0.2, 0) is 26.2 Å². The second-order valence-corrected chi connectivity index (χ2v) is 8.92. The minimum atomic E-state index is -4.16. The first kappa shape index (κ1) is 23.1. The summed E-state index contributed by atoms with van der Waals surface area (Å²) in [5.74, 6) is -0.893. The molecule has 0 saturated carbocycles. The SMILES string of the molecule is C[C@@H]1O[C@@H](CO)CN(S(=O)(=O)c2ccc(OCc3ccc(F)cc3)cc2)C1C(=O)NO. The summed E-state index contributed by atoms with van der Waals surface area (Å²) in [6.07, 6.45) is -1.71. The number of nitrogens with zero attached hydrogens (tertiary/aromatic N) is 1. The summed E-state index contributed by atoms with van der Waals surface area (Å²) in [6.45, 7) is 0.963. The van der Waals surface area contributed by atoms with Crippen LogP contribution in [0.1, 0.15) is 12.5 Å². The van der Waals surface area contributed by atoms with Crippen LogP contribution in [0, 0.1) is 5.82 Å². The topological polar surface area (TPSA) is 125 Å². The van der Waals surface area contributed by atoms with Crippen molar-refractivity contribution in [1.82, 2.24) is 9.79 Å². The van der Waals surface area contributed by atoms with Gasteiger partial charge in [0.1, 0.15) is 24.2 Å². The van der Waals surface area contributed by atoms with Crippen LogP contribution >= 0.6 is 0 Å².